The minimum absolute atomic E-state index is 0.00498. The molecule has 0 spiro atoms. The van der Waals surface area contributed by atoms with E-state index in [-0.39, 0.29) is 6.04 Å². The quantitative estimate of drug-likeness (QED) is 0.827. The van der Waals surface area contributed by atoms with Crippen molar-refractivity contribution in [3.8, 4) is 0 Å². The molecule has 1 aliphatic rings. The number of nitrogens with one attached hydrogen (secondary N) is 2. The first-order valence-corrected chi connectivity index (χ1v) is 11.4. The molecule has 1 heterocycles. The second kappa shape index (κ2) is 7.38. The molecule has 0 saturated carbocycles. The smallest absolute Gasteiger partial charge is 0.209 e. The number of hydrogen-bond donors (Lipinski definition) is 2. The fourth-order valence-corrected chi connectivity index (χ4v) is 5.47. The number of sulfonamides is 1. The Morgan fingerprint density at radius 1 is 0.889 bits per heavy atom. The molecule has 1 atom stereocenters. The molecule has 1 saturated heterocycles. The Kier molecular flexibility index (Phi) is 5.48. The number of hydrogen-bond acceptors (Lipinski definition) is 3. The number of aryl methyl sites for hydroxylation is 4. The fraction of sp³-hybridized carbons (Fsp3) is 0.455. The molecule has 2 N–H and O–H groups in total. The molecule has 4 nitrogen and oxygen atoms in total. The van der Waals surface area contributed by atoms with E-state index in [2.05, 4.69) is 74.1 Å². The molecule has 0 aromatic heterocycles. The zero-order chi connectivity index (χ0) is 19.8. The van der Waals surface area contributed by atoms with Crippen molar-refractivity contribution in [2.24, 2.45) is 0 Å². The Morgan fingerprint density at radius 2 is 1.33 bits per heavy atom. The van der Waals surface area contributed by atoms with Crippen molar-refractivity contribution in [1.82, 2.24) is 10.0 Å². The summed E-state index contributed by atoms with van der Waals surface area (Å²) < 4.78 is 28.2. The van der Waals surface area contributed by atoms with Gasteiger partial charge in [0, 0.05) is 6.04 Å². The van der Waals surface area contributed by atoms with Crippen molar-refractivity contribution in [1.29, 1.82) is 0 Å². The summed E-state index contributed by atoms with van der Waals surface area (Å²) in [7, 11) is -3.46. The Labute approximate surface area is 163 Å². The third-order valence-electron chi connectivity index (χ3n) is 5.28. The van der Waals surface area contributed by atoms with Gasteiger partial charge in [0.2, 0.25) is 10.0 Å². The topological polar surface area (TPSA) is 58.2 Å². The van der Waals surface area contributed by atoms with Crippen LogP contribution in [0.3, 0.4) is 0 Å². The van der Waals surface area contributed by atoms with E-state index in [1.165, 1.54) is 6.26 Å². The second-order valence-electron chi connectivity index (χ2n) is 8.08. The van der Waals surface area contributed by atoms with Gasteiger partial charge in [0.25, 0.3) is 0 Å². The Morgan fingerprint density at radius 3 is 1.67 bits per heavy atom. The second-order valence-corrected chi connectivity index (χ2v) is 9.83. The molecule has 5 heteroatoms. The van der Waals surface area contributed by atoms with E-state index in [9.17, 15) is 8.42 Å². The van der Waals surface area contributed by atoms with E-state index in [4.69, 9.17) is 0 Å². The minimum Gasteiger partial charge on any atom is -0.311 e. The van der Waals surface area contributed by atoms with Crippen molar-refractivity contribution >= 4 is 10.0 Å². The van der Waals surface area contributed by atoms with Crippen molar-refractivity contribution in [3.05, 3.63) is 69.8 Å². The fourth-order valence-electron chi connectivity index (χ4n) is 4.51. The summed E-state index contributed by atoms with van der Waals surface area (Å²) in [5.41, 5.74) is 5.68. The van der Waals surface area contributed by atoms with Crippen LogP contribution in [-0.2, 0) is 15.6 Å². The highest BCUT2D eigenvalue weighted by atomic mass is 32.2. The zero-order valence-electron chi connectivity index (χ0n) is 16.9. The van der Waals surface area contributed by atoms with Gasteiger partial charge in [-0.15, -0.1) is 0 Å². The predicted molar refractivity (Wildman–Crippen MR) is 112 cm³/mol. The first kappa shape index (κ1) is 20.1. The van der Waals surface area contributed by atoms with Gasteiger partial charge >= 0.3 is 0 Å². The molecular weight excluding hydrogens is 356 g/mol. The number of benzene rings is 2. The Hall–Kier alpha value is -1.69. The van der Waals surface area contributed by atoms with Gasteiger partial charge < -0.3 is 5.32 Å². The van der Waals surface area contributed by atoms with Gasteiger partial charge in [0.1, 0.15) is 0 Å². The van der Waals surface area contributed by atoms with Crippen molar-refractivity contribution in [3.63, 3.8) is 0 Å². The van der Waals surface area contributed by atoms with Crippen LogP contribution in [0.15, 0.2) is 36.4 Å². The first-order chi connectivity index (χ1) is 12.6. The minimum atomic E-state index is -3.46. The summed E-state index contributed by atoms with van der Waals surface area (Å²) in [6, 6.07) is 12.7. The van der Waals surface area contributed by atoms with Gasteiger partial charge in [-0.3, -0.25) is 0 Å². The molecule has 1 fully saturated rings. The van der Waals surface area contributed by atoms with E-state index in [1.54, 1.807) is 0 Å². The van der Waals surface area contributed by atoms with Crippen molar-refractivity contribution in [2.45, 2.75) is 52.1 Å². The molecule has 2 aromatic carbocycles. The lowest BCUT2D eigenvalue weighted by Crippen LogP contribution is -2.57. The average Bonchev–Trinajstić information content (AvgIpc) is 3.04. The lowest BCUT2D eigenvalue weighted by Gasteiger charge is -2.41. The van der Waals surface area contributed by atoms with Crippen LogP contribution in [0.1, 0.15) is 46.2 Å². The standard InChI is InChI=1S/C22H30N2O2S/c1-15-9-16(2)12-19(11-15)22(24-27(5,25)26,21-7-6-8-23-21)20-13-17(3)10-18(4)14-20/h9-14,21,23-24H,6-8H2,1-5H3/t21-/m0/s1. The molecule has 146 valence electrons. The summed E-state index contributed by atoms with van der Waals surface area (Å²) in [5.74, 6) is 0. The molecule has 0 radical (unpaired) electrons. The van der Waals surface area contributed by atoms with E-state index in [0.29, 0.717) is 0 Å². The normalized spacial score (nSPS) is 18.0. The van der Waals surface area contributed by atoms with Gasteiger partial charge in [-0.2, -0.15) is 4.72 Å². The summed E-state index contributed by atoms with van der Waals surface area (Å²) in [6.45, 7) is 9.14. The van der Waals surface area contributed by atoms with E-state index < -0.39 is 15.6 Å². The van der Waals surface area contributed by atoms with Crippen LogP contribution in [0.4, 0.5) is 0 Å². The van der Waals surface area contributed by atoms with Crippen LogP contribution in [-0.4, -0.2) is 27.3 Å². The van der Waals surface area contributed by atoms with Crippen molar-refractivity contribution in [2.75, 3.05) is 12.8 Å². The highest BCUT2D eigenvalue weighted by Gasteiger charge is 2.45. The molecule has 27 heavy (non-hydrogen) atoms. The van der Waals surface area contributed by atoms with E-state index in [1.807, 2.05) is 0 Å². The van der Waals surface area contributed by atoms with Crippen LogP contribution in [0.2, 0.25) is 0 Å². The Balaban J connectivity index is 2.37. The van der Waals surface area contributed by atoms with E-state index in [0.717, 1.165) is 52.8 Å². The SMILES string of the molecule is Cc1cc(C)cc(C(NS(C)(=O)=O)(c2cc(C)cc(C)c2)[C@@H]2CCCN2)c1. The summed E-state index contributed by atoms with van der Waals surface area (Å²) in [6.07, 6.45) is 3.21. The highest BCUT2D eigenvalue weighted by Crippen LogP contribution is 2.39. The predicted octanol–water partition coefficient (Wildman–Crippen LogP) is 3.47. The van der Waals surface area contributed by atoms with Crippen LogP contribution < -0.4 is 10.0 Å². The maximum Gasteiger partial charge on any atom is 0.209 e. The first-order valence-electron chi connectivity index (χ1n) is 9.50. The molecular formula is C22H30N2O2S. The summed E-state index contributed by atoms with van der Waals surface area (Å²) in [4.78, 5) is 0. The van der Waals surface area contributed by atoms with Gasteiger partial charge in [-0.1, -0.05) is 58.7 Å². The van der Waals surface area contributed by atoms with E-state index >= 15 is 0 Å². The van der Waals surface area contributed by atoms with Crippen molar-refractivity contribution < 1.29 is 8.42 Å². The Bertz CT molecular complexity index is 853. The summed E-state index contributed by atoms with van der Waals surface area (Å²) >= 11 is 0. The molecule has 3 rings (SSSR count). The van der Waals surface area contributed by atoms with Gasteiger partial charge in [-0.05, 0) is 58.2 Å². The third kappa shape index (κ3) is 4.26. The molecule has 0 unspecified atom stereocenters. The molecule has 0 bridgehead atoms. The van der Waals surface area contributed by atoms with Crippen LogP contribution in [0.5, 0.6) is 0 Å². The van der Waals surface area contributed by atoms with Crippen LogP contribution >= 0.6 is 0 Å². The zero-order valence-corrected chi connectivity index (χ0v) is 17.7. The van der Waals surface area contributed by atoms with Gasteiger partial charge in [-0.25, -0.2) is 8.42 Å². The monoisotopic (exact) mass is 386 g/mol. The lowest BCUT2D eigenvalue weighted by atomic mass is 9.75. The molecule has 0 aliphatic carbocycles. The average molecular weight is 387 g/mol. The maximum atomic E-state index is 12.6. The molecule has 2 aromatic rings. The lowest BCUT2D eigenvalue weighted by molar-refractivity contribution is 0.351. The van der Waals surface area contributed by atoms with Gasteiger partial charge in [0.15, 0.2) is 0 Å². The maximum absolute atomic E-state index is 12.6. The highest BCUT2D eigenvalue weighted by molar-refractivity contribution is 7.88. The van der Waals surface area contributed by atoms with Crippen LogP contribution in [0, 0.1) is 27.7 Å². The molecule has 0 amide bonds. The third-order valence-corrected chi connectivity index (χ3v) is 5.98. The van der Waals surface area contributed by atoms with Gasteiger partial charge in [0.05, 0.1) is 11.8 Å². The summed E-state index contributed by atoms with van der Waals surface area (Å²) in [5, 5.41) is 3.57. The largest absolute Gasteiger partial charge is 0.311 e. The molecule has 1 aliphatic heterocycles. The number of rotatable bonds is 5. The van der Waals surface area contributed by atoms with Crippen LogP contribution in [0.25, 0.3) is 0 Å².